The van der Waals surface area contributed by atoms with Gasteiger partial charge in [-0.2, -0.15) is 0 Å². The number of benzene rings is 2. The molecule has 3 heteroatoms. The standard InChI is InChI=1S/C15H14ClFO/c1-18-12-8-6-11(7-9-12)10-14(16)13-4-2-3-5-15(13)17/h2-9,14H,10H2,1H3. The highest BCUT2D eigenvalue weighted by atomic mass is 35.5. The van der Waals surface area contributed by atoms with E-state index in [4.69, 9.17) is 16.3 Å². The lowest BCUT2D eigenvalue weighted by Gasteiger charge is -2.11. The first-order valence-electron chi connectivity index (χ1n) is 5.72. The molecular formula is C15H14ClFO. The largest absolute Gasteiger partial charge is 0.497 e. The Kier molecular flexibility index (Phi) is 4.21. The van der Waals surface area contributed by atoms with Crippen molar-refractivity contribution in [3.63, 3.8) is 0 Å². The first-order chi connectivity index (χ1) is 8.70. The number of rotatable bonds is 4. The molecule has 1 atom stereocenters. The number of alkyl halides is 1. The number of halogens is 2. The zero-order chi connectivity index (χ0) is 13.0. The minimum absolute atomic E-state index is 0.258. The van der Waals surface area contributed by atoms with Crippen LogP contribution in [0.4, 0.5) is 4.39 Å². The Balaban J connectivity index is 2.11. The Hall–Kier alpha value is -1.54. The maximum atomic E-state index is 13.6. The maximum Gasteiger partial charge on any atom is 0.127 e. The van der Waals surface area contributed by atoms with E-state index in [1.54, 1.807) is 25.3 Å². The number of ether oxygens (including phenoxy) is 1. The van der Waals surface area contributed by atoms with Crippen LogP contribution >= 0.6 is 11.6 Å². The monoisotopic (exact) mass is 264 g/mol. The Labute approximate surface area is 111 Å². The van der Waals surface area contributed by atoms with E-state index < -0.39 is 0 Å². The van der Waals surface area contributed by atoms with E-state index in [1.807, 2.05) is 24.3 Å². The summed E-state index contributed by atoms with van der Waals surface area (Å²) in [6.45, 7) is 0. The average Bonchev–Trinajstić information content (AvgIpc) is 2.40. The summed E-state index contributed by atoms with van der Waals surface area (Å²) < 4.78 is 18.6. The van der Waals surface area contributed by atoms with Crippen LogP contribution < -0.4 is 4.74 Å². The second-order valence-corrected chi connectivity index (χ2v) is 4.57. The Bertz CT molecular complexity index is 510. The van der Waals surface area contributed by atoms with E-state index >= 15 is 0 Å². The fourth-order valence-electron chi connectivity index (χ4n) is 1.81. The van der Waals surface area contributed by atoms with Crippen molar-refractivity contribution in [3.05, 3.63) is 65.5 Å². The molecule has 0 aromatic heterocycles. The molecule has 0 fully saturated rings. The van der Waals surface area contributed by atoms with Crippen molar-refractivity contribution in [2.75, 3.05) is 7.11 Å². The molecule has 94 valence electrons. The molecule has 0 spiro atoms. The molecule has 2 rings (SSSR count). The molecule has 2 aromatic rings. The summed E-state index contributed by atoms with van der Waals surface area (Å²) in [6, 6.07) is 14.2. The molecule has 0 N–H and O–H groups in total. The molecule has 2 aromatic carbocycles. The molecule has 0 aliphatic rings. The molecule has 0 radical (unpaired) electrons. The highest BCUT2D eigenvalue weighted by molar-refractivity contribution is 6.20. The predicted octanol–water partition coefficient (Wildman–Crippen LogP) is 4.36. The minimum atomic E-state index is -0.361. The fraction of sp³-hybridized carbons (Fsp3) is 0.200. The maximum absolute atomic E-state index is 13.6. The molecule has 1 unspecified atom stereocenters. The van der Waals surface area contributed by atoms with Crippen LogP contribution in [0.3, 0.4) is 0 Å². The zero-order valence-electron chi connectivity index (χ0n) is 10.1. The van der Waals surface area contributed by atoms with Crippen molar-refractivity contribution in [2.24, 2.45) is 0 Å². The second kappa shape index (κ2) is 5.87. The molecule has 0 amide bonds. The van der Waals surface area contributed by atoms with Gasteiger partial charge in [0.05, 0.1) is 12.5 Å². The van der Waals surface area contributed by atoms with Crippen molar-refractivity contribution in [1.29, 1.82) is 0 Å². The molecule has 0 aliphatic carbocycles. The SMILES string of the molecule is COc1ccc(CC(Cl)c2ccccc2F)cc1. The number of hydrogen-bond donors (Lipinski definition) is 0. The van der Waals surface area contributed by atoms with Gasteiger partial charge in [-0.1, -0.05) is 30.3 Å². The van der Waals surface area contributed by atoms with Crippen molar-refractivity contribution >= 4 is 11.6 Å². The smallest absolute Gasteiger partial charge is 0.127 e. The summed E-state index contributed by atoms with van der Waals surface area (Å²) in [4.78, 5) is 0. The van der Waals surface area contributed by atoms with Crippen molar-refractivity contribution in [3.8, 4) is 5.75 Å². The van der Waals surface area contributed by atoms with E-state index in [0.717, 1.165) is 11.3 Å². The molecule has 18 heavy (non-hydrogen) atoms. The van der Waals surface area contributed by atoms with Crippen LogP contribution in [-0.2, 0) is 6.42 Å². The van der Waals surface area contributed by atoms with Crippen LogP contribution in [0.15, 0.2) is 48.5 Å². The van der Waals surface area contributed by atoms with E-state index in [0.29, 0.717) is 12.0 Å². The highest BCUT2D eigenvalue weighted by Crippen LogP contribution is 2.27. The van der Waals surface area contributed by atoms with Gasteiger partial charge in [0, 0.05) is 5.56 Å². The molecular weight excluding hydrogens is 251 g/mol. The summed E-state index contributed by atoms with van der Waals surface area (Å²) in [5, 5.41) is -0.361. The molecule has 0 bridgehead atoms. The van der Waals surface area contributed by atoms with Gasteiger partial charge in [0.15, 0.2) is 0 Å². The summed E-state index contributed by atoms with van der Waals surface area (Å²) in [6.07, 6.45) is 0.590. The van der Waals surface area contributed by atoms with E-state index in [1.165, 1.54) is 6.07 Å². The van der Waals surface area contributed by atoms with Crippen LogP contribution in [0.5, 0.6) is 5.75 Å². The third-order valence-corrected chi connectivity index (χ3v) is 3.21. The normalized spacial score (nSPS) is 12.2. The summed E-state index contributed by atoms with van der Waals surface area (Å²) in [7, 11) is 1.62. The van der Waals surface area contributed by atoms with Gasteiger partial charge in [-0.05, 0) is 30.2 Å². The van der Waals surface area contributed by atoms with Gasteiger partial charge >= 0.3 is 0 Å². The Morgan fingerprint density at radius 1 is 1.11 bits per heavy atom. The third-order valence-electron chi connectivity index (χ3n) is 2.82. The van der Waals surface area contributed by atoms with E-state index in [9.17, 15) is 4.39 Å². The first kappa shape index (κ1) is 12.9. The van der Waals surface area contributed by atoms with Gasteiger partial charge in [0.25, 0.3) is 0 Å². The van der Waals surface area contributed by atoms with Gasteiger partial charge in [-0.3, -0.25) is 0 Å². The van der Waals surface area contributed by atoms with Crippen molar-refractivity contribution in [2.45, 2.75) is 11.8 Å². The summed E-state index contributed by atoms with van der Waals surface area (Å²) in [5.41, 5.74) is 1.59. The van der Waals surface area contributed by atoms with Gasteiger partial charge in [0.1, 0.15) is 11.6 Å². The molecule has 1 nitrogen and oxygen atoms in total. The lowest BCUT2D eigenvalue weighted by Crippen LogP contribution is -1.98. The van der Waals surface area contributed by atoms with Crippen LogP contribution in [0, 0.1) is 5.82 Å². The Morgan fingerprint density at radius 2 is 1.78 bits per heavy atom. The average molecular weight is 265 g/mol. The predicted molar refractivity (Wildman–Crippen MR) is 71.7 cm³/mol. The lowest BCUT2D eigenvalue weighted by molar-refractivity contribution is 0.414. The van der Waals surface area contributed by atoms with Crippen molar-refractivity contribution in [1.82, 2.24) is 0 Å². The molecule has 0 saturated heterocycles. The van der Waals surface area contributed by atoms with Crippen LogP contribution in [0.25, 0.3) is 0 Å². The van der Waals surface area contributed by atoms with Gasteiger partial charge < -0.3 is 4.74 Å². The zero-order valence-corrected chi connectivity index (χ0v) is 10.8. The van der Waals surface area contributed by atoms with Crippen LogP contribution in [-0.4, -0.2) is 7.11 Å². The fourth-order valence-corrected chi connectivity index (χ4v) is 2.16. The van der Waals surface area contributed by atoms with Crippen LogP contribution in [0.1, 0.15) is 16.5 Å². The van der Waals surface area contributed by atoms with Crippen LogP contribution in [0.2, 0.25) is 0 Å². The Morgan fingerprint density at radius 3 is 2.39 bits per heavy atom. The quantitative estimate of drug-likeness (QED) is 0.746. The first-order valence-corrected chi connectivity index (χ1v) is 6.16. The van der Waals surface area contributed by atoms with E-state index in [2.05, 4.69) is 0 Å². The third kappa shape index (κ3) is 3.02. The van der Waals surface area contributed by atoms with Crippen molar-refractivity contribution < 1.29 is 9.13 Å². The van der Waals surface area contributed by atoms with Gasteiger partial charge in [-0.25, -0.2) is 4.39 Å². The lowest BCUT2D eigenvalue weighted by atomic mass is 10.0. The number of hydrogen-bond acceptors (Lipinski definition) is 1. The minimum Gasteiger partial charge on any atom is -0.497 e. The summed E-state index contributed by atoms with van der Waals surface area (Å²) >= 11 is 6.25. The van der Waals surface area contributed by atoms with Gasteiger partial charge in [-0.15, -0.1) is 11.6 Å². The topological polar surface area (TPSA) is 9.23 Å². The molecule has 0 heterocycles. The van der Waals surface area contributed by atoms with Gasteiger partial charge in [0.2, 0.25) is 0 Å². The highest BCUT2D eigenvalue weighted by Gasteiger charge is 2.12. The van der Waals surface area contributed by atoms with E-state index in [-0.39, 0.29) is 11.2 Å². The summed E-state index contributed by atoms with van der Waals surface area (Å²) in [5.74, 6) is 0.543. The molecule has 0 aliphatic heterocycles. The second-order valence-electron chi connectivity index (χ2n) is 4.04. The number of methoxy groups -OCH3 is 1. The molecule has 0 saturated carbocycles.